The van der Waals surface area contributed by atoms with Gasteiger partial charge < -0.3 is 14.6 Å². The molecule has 2 atom stereocenters. The van der Waals surface area contributed by atoms with Gasteiger partial charge in [-0.3, -0.25) is 14.4 Å². The molecule has 1 aliphatic rings. The molecule has 45 heavy (non-hydrogen) atoms. The van der Waals surface area contributed by atoms with Gasteiger partial charge in [0.05, 0.1) is 16.5 Å². The number of nitrogens with zero attached hydrogens (tertiary/aromatic N) is 1. The zero-order chi connectivity index (χ0) is 32.7. The first-order chi connectivity index (χ1) is 21.1. The van der Waals surface area contributed by atoms with Crippen molar-refractivity contribution in [1.82, 2.24) is 10.2 Å². The Labute approximate surface area is 255 Å². The van der Waals surface area contributed by atoms with Crippen LogP contribution in [0, 0.1) is 5.82 Å². The summed E-state index contributed by atoms with van der Waals surface area (Å²) in [7, 11) is 0. The molecule has 2 heterocycles. The molecule has 5 rings (SSSR count). The van der Waals surface area contributed by atoms with E-state index in [4.69, 9.17) is 16.0 Å². The number of hydrogen-bond acceptors (Lipinski definition) is 4. The van der Waals surface area contributed by atoms with Crippen LogP contribution in [0.25, 0.3) is 11.0 Å². The number of benzene rings is 3. The Balaban J connectivity index is 1.43. The molecule has 14 heteroatoms. The first kappa shape index (κ1) is 32.0. The summed E-state index contributed by atoms with van der Waals surface area (Å²) in [6, 6.07) is 9.96. The van der Waals surface area contributed by atoms with Crippen LogP contribution in [0.15, 0.2) is 75.9 Å². The summed E-state index contributed by atoms with van der Waals surface area (Å²) >= 11 is 5.97. The van der Waals surface area contributed by atoms with E-state index in [2.05, 4.69) is 5.32 Å². The number of nitrogens with one attached hydrogen (secondary N) is 1. The van der Waals surface area contributed by atoms with Gasteiger partial charge in [-0.1, -0.05) is 23.7 Å². The Bertz CT molecular complexity index is 1790. The molecule has 2 unspecified atom stereocenters. The number of amides is 2. The summed E-state index contributed by atoms with van der Waals surface area (Å²) in [6.45, 7) is -0.124. The van der Waals surface area contributed by atoms with Gasteiger partial charge >= 0.3 is 12.4 Å². The molecule has 2 amide bonds. The number of alkyl halides is 6. The number of hydrogen-bond donors (Lipinski definition) is 1. The number of fused-ring (bicyclic) bond motifs is 1. The fourth-order valence-corrected chi connectivity index (χ4v) is 5.40. The Hall–Kier alpha value is -4.39. The molecule has 1 aliphatic heterocycles. The molecular formula is C31H22ClF7N2O4. The maximum atomic E-state index is 13.6. The van der Waals surface area contributed by atoms with Crippen molar-refractivity contribution >= 4 is 34.4 Å². The van der Waals surface area contributed by atoms with Gasteiger partial charge in [-0.25, -0.2) is 4.39 Å². The van der Waals surface area contributed by atoms with E-state index in [9.17, 15) is 45.1 Å². The lowest BCUT2D eigenvalue weighted by molar-refractivity contribution is -0.143. The molecule has 1 N–H and O–H groups in total. The predicted octanol–water partition coefficient (Wildman–Crippen LogP) is 7.27. The molecule has 0 spiro atoms. The molecule has 0 aliphatic carbocycles. The zero-order valence-corrected chi connectivity index (χ0v) is 23.7. The van der Waals surface area contributed by atoms with E-state index in [1.165, 1.54) is 11.0 Å². The van der Waals surface area contributed by atoms with E-state index in [0.717, 1.165) is 18.2 Å². The number of piperidine rings is 1. The van der Waals surface area contributed by atoms with Crippen molar-refractivity contribution in [2.24, 2.45) is 0 Å². The standard InChI is InChI=1S/C31H22ClF7N2O4/c32-20-3-1-16(2-4-20)9-23-14-22(40-28(43)27-15-25(42)24-13-21(33)5-6-26(24)45-27)7-8-41(23)29(44)17-10-18(30(34,35)36)12-19(11-17)31(37,38)39/h1-6,10-13,15,22-23H,7-9,14H2,(H,40,43). The summed E-state index contributed by atoms with van der Waals surface area (Å²) < 4.78 is 100.0. The molecule has 1 aromatic heterocycles. The fourth-order valence-electron chi connectivity index (χ4n) is 5.28. The second-order valence-electron chi connectivity index (χ2n) is 10.6. The highest BCUT2D eigenvalue weighted by atomic mass is 35.5. The van der Waals surface area contributed by atoms with E-state index >= 15 is 0 Å². The van der Waals surface area contributed by atoms with E-state index in [1.54, 1.807) is 24.3 Å². The van der Waals surface area contributed by atoms with Gasteiger partial charge in [-0.15, -0.1) is 0 Å². The first-order valence-corrected chi connectivity index (χ1v) is 13.9. The summed E-state index contributed by atoms with van der Waals surface area (Å²) in [5.41, 5.74) is -4.01. The lowest BCUT2D eigenvalue weighted by Gasteiger charge is -2.40. The quantitative estimate of drug-likeness (QED) is 0.230. The van der Waals surface area contributed by atoms with Gasteiger partial charge in [0.1, 0.15) is 11.4 Å². The van der Waals surface area contributed by atoms with Crippen molar-refractivity contribution in [3.63, 3.8) is 0 Å². The molecular weight excluding hydrogens is 633 g/mol. The smallest absolute Gasteiger partial charge is 0.416 e. The van der Waals surface area contributed by atoms with Crippen LogP contribution < -0.4 is 10.7 Å². The average Bonchev–Trinajstić information content (AvgIpc) is 2.97. The second kappa shape index (κ2) is 12.2. The molecule has 4 aromatic rings. The third kappa shape index (κ3) is 7.30. The number of carbonyl (C=O) groups excluding carboxylic acids is 2. The highest BCUT2D eigenvalue weighted by molar-refractivity contribution is 6.30. The van der Waals surface area contributed by atoms with Crippen molar-refractivity contribution in [3.8, 4) is 0 Å². The Morgan fingerprint density at radius 3 is 2.18 bits per heavy atom. The van der Waals surface area contributed by atoms with Gasteiger partial charge in [0, 0.05) is 35.3 Å². The monoisotopic (exact) mass is 654 g/mol. The predicted molar refractivity (Wildman–Crippen MR) is 149 cm³/mol. The minimum absolute atomic E-state index is 0.0191. The van der Waals surface area contributed by atoms with Crippen molar-refractivity contribution < 1.29 is 44.7 Å². The molecule has 236 valence electrons. The van der Waals surface area contributed by atoms with E-state index in [1.807, 2.05) is 0 Å². The number of rotatable bonds is 5. The van der Waals surface area contributed by atoms with Crippen LogP contribution in [0.1, 0.15) is 50.4 Å². The highest BCUT2D eigenvalue weighted by Gasteiger charge is 2.39. The van der Waals surface area contributed by atoms with Crippen LogP contribution in [-0.2, 0) is 18.8 Å². The maximum absolute atomic E-state index is 13.6. The summed E-state index contributed by atoms with van der Waals surface area (Å²) in [6.07, 6.45) is -9.99. The van der Waals surface area contributed by atoms with Crippen LogP contribution in [-0.4, -0.2) is 35.3 Å². The summed E-state index contributed by atoms with van der Waals surface area (Å²) in [5.74, 6) is -2.83. The number of carbonyl (C=O) groups is 2. The van der Waals surface area contributed by atoms with Crippen LogP contribution in [0.5, 0.6) is 0 Å². The van der Waals surface area contributed by atoms with Crippen LogP contribution in [0.2, 0.25) is 5.02 Å². The molecule has 3 aromatic carbocycles. The minimum Gasteiger partial charge on any atom is -0.451 e. The van der Waals surface area contributed by atoms with E-state index in [-0.39, 0.29) is 48.6 Å². The summed E-state index contributed by atoms with van der Waals surface area (Å²) in [4.78, 5) is 40.3. The van der Waals surface area contributed by atoms with Gasteiger partial charge in [0.25, 0.3) is 11.8 Å². The molecule has 1 fully saturated rings. The molecule has 0 radical (unpaired) electrons. The Morgan fingerprint density at radius 2 is 1.56 bits per heavy atom. The van der Waals surface area contributed by atoms with Gasteiger partial charge in [-0.2, -0.15) is 26.3 Å². The number of likely N-dealkylation sites (tertiary alicyclic amines) is 1. The topological polar surface area (TPSA) is 79.6 Å². The van der Waals surface area contributed by atoms with Gasteiger partial charge in [0.2, 0.25) is 0 Å². The molecule has 1 saturated heterocycles. The van der Waals surface area contributed by atoms with E-state index < -0.39 is 64.2 Å². The van der Waals surface area contributed by atoms with Gasteiger partial charge in [0.15, 0.2) is 11.2 Å². The molecule has 6 nitrogen and oxygen atoms in total. The zero-order valence-electron chi connectivity index (χ0n) is 22.9. The SMILES string of the molecule is O=C(NC1CCN(C(=O)c2cc(C(F)(F)F)cc(C(F)(F)F)c2)C(Cc2ccc(Cl)cc2)C1)c1cc(=O)c2cc(F)ccc2o1. The third-order valence-electron chi connectivity index (χ3n) is 7.44. The van der Waals surface area contributed by atoms with Crippen molar-refractivity contribution in [2.75, 3.05) is 6.54 Å². The Morgan fingerprint density at radius 1 is 0.911 bits per heavy atom. The van der Waals surface area contributed by atoms with Crippen molar-refractivity contribution in [2.45, 2.75) is 43.7 Å². The van der Waals surface area contributed by atoms with Crippen LogP contribution in [0.3, 0.4) is 0 Å². The second-order valence-corrected chi connectivity index (χ2v) is 11.0. The lowest BCUT2D eigenvalue weighted by atomic mass is 9.91. The normalized spacial score (nSPS) is 17.4. The van der Waals surface area contributed by atoms with Crippen LogP contribution in [0.4, 0.5) is 30.7 Å². The molecule has 0 saturated carbocycles. The van der Waals surface area contributed by atoms with Crippen molar-refractivity contribution in [1.29, 1.82) is 0 Å². The van der Waals surface area contributed by atoms with Gasteiger partial charge in [-0.05, 0) is 73.4 Å². The highest BCUT2D eigenvalue weighted by Crippen LogP contribution is 2.37. The lowest BCUT2D eigenvalue weighted by Crippen LogP contribution is -2.52. The largest absolute Gasteiger partial charge is 0.451 e. The van der Waals surface area contributed by atoms with E-state index in [0.29, 0.717) is 22.7 Å². The van der Waals surface area contributed by atoms with Crippen molar-refractivity contribution in [3.05, 3.63) is 116 Å². The van der Waals surface area contributed by atoms with Crippen LogP contribution >= 0.6 is 11.6 Å². The Kier molecular flexibility index (Phi) is 8.67. The summed E-state index contributed by atoms with van der Waals surface area (Å²) in [5, 5.41) is 3.07. The molecule has 0 bridgehead atoms. The maximum Gasteiger partial charge on any atom is 0.416 e. The first-order valence-electron chi connectivity index (χ1n) is 13.5. The fraction of sp³-hybridized carbons (Fsp3) is 0.258. The third-order valence-corrected chi connectivity index (χ3v) is 7.70. The minimum atomic E-state index is -5.14. The number of halogens is 8. The average molecular weight is 655 g/mol.